The van der Waals surface area contributed by atoms with Gasteiger partial charge in [0.2, 0.25) is 0 Å². The number of benzene rings is 2. The van der Waals surface area contributed by atoms with Crippen LogP contribution in [-0.2, 0) is 7.05 Å². The molecule has 2 aromatic carbocycles. The van der Waals surface area contributed by atoms with Crippen LogP contribution in [0.5, 0.6) is 11.5 Å². The molecule has 1 aromatic heterocycles. The van der Waals surface area contributed by atoms with E-state index in [4.69, 9.17) is 9.47 Å². The highest BCUT2D eigenvalue weighted by atomic mass is 16.5. The number of nitrogens with zero attached hydrogens (tertiary/aromatic N) is 2. The van der Waals surface area contributed by atoms with Gasteiger partial charge in [-0.15, -0.1) is 0 Å². The standard InChI is InChI=1S/C20H21N3O3/c1-13-8-9-19(26-4)16(10-13)21-20(24)17-12-18(23(2)22-17)14-6-5-7-15(11-14)25-3/h5-12H,1-4H3,(H,21,24). The Morgan fingerprint density at radius 1 is 1.08 bits per heavy atom. The fraction of sp³-hybridized carbons (Fsp3) is 0.200. The molecular weight excluding hydrogens is 330 g/mol. The number of amides is 1. The van der Waals surface area contributed by atoms with Crippen LogP contribution in [0, 0.1) is 6.92 Å². The van der Waals surface area contributed by atoms with Crippen LogP contribution in [0.4, 0.5) is 5.69 Å². The molecule has 0 aliphatic carbocycles. The van der Waals surface area contributed by atoms with Crippen LogP contribution in [0.15, 0.2) is 48.5 Å². The molecule has 0 bridgehead atoms. The largest absolute Gasteiger partial charge is 0.497 e. The average molecular weight is 351 g/mol. The summed E-state index contributed by atoms with van der Waals surface area (Å²) in [5, 5.41) is 7.21. The Balaban J connectivity index is 1.89. The Morgan fingerprint density at radius 3 is 2.62 bits per heavy atom. The maximum atomic E-state index is 12.6. The summed E-state index contributed by atoms with van der Waals surface area (Å²) in [6.45, 7) is 1.96. The van der Waals surface area contributed by atoms with Gasteiger partial charge in [0.05, 0.1) is 25.6 Å². The Labute approximate surface area is 152 Å². The van der Waals surface area contributed by atoms with E-state index >= 15 is 0 Å². The van der Waals surface area contributed by atoms with Gasteiger partial charge in [0, 0.05) is 12.6 Å². The molecule has 134 valence electrons. The molecule has 26 heavy (non-hydrogen) atoms. The van der Waals surface area contributed by atoms with Crippen LogP contribution in [0.1, 0.15) is 16.1 Å². The zero-order chi connectivity index (χ0) is 18.7. The number of aromatic nitrogens is 2. The van der Waals surface area contributed by atoms with E-state index in [-0.39, 0.29) is 5.91 Å². The molecule has 0 fully saturated rings. The monoisotopic (exact) mass is 351 g/mol. The topological polar surface area (TPSA) is 65.4 Å². The molecule has 3 rings (SSSR count). The van der Waals surface area contributed by atoms with Gasteiger partial charge in [0.15, 0.2) is 5.69 Å². The Hall–Kier alpha value is -3.28. The first-order valence-electron chi connectivity index (χ1n) is 8.16. The molecule has 1 amide bonds. The lowest BCUT2D eigenvalue weighted by molar-refractivity contribution is 0.102. The van der Waals surface area contributed by atoms with Crippen molar-refractivity contribution in [2.45, 2.75) is 6.92 Å². The van der Waals surface area contributed by atoms with E-state index in [2.05, 4.69) is 10.4 Å². The van der Waals surface area contributed by atoms with E-state index in [0.717, 1.165) is 22.6 Å². The van der Waals surface area contributed by atoms with E-state index < -0.39 is 0 Å². The molecule has 6 nitrogen and oxygen atoms in total. The lowest BCUT2D eigenvalue weighted by Gasteiger charge is -2.09. The van der Waals surface area contributed by atoms with Crippen molar-refractivity contribution in [3.63, 3.8) is 0 Å². The van der Waals surface area contributed by atoms with E-state index in [1.165, 1.54) is 0 Å². The van der Waals surface area contributed by atoms with Crippen LogP contribution < -0.4 is 14.8 Å². The third-order valence-electron chi connectivity index (χ3n) is 4.08. The molecule has 0 unspecified atom stereocenters. The van der Waals surface area contributed by atoms with Crippen molar-refractivity contribution in [1.29, 1.82) is 0 Å². The fourth-order valence-corrected chi connectivity index (χ4v) is 2.74. The molecule has 0 saturated heterocycles. The van der Waals surface area contributed by atoms with Crippen LogP contribution >= 0.6 is 0 Å². The van der Waals surface area contributed by atoms with E-state index in [1.807, 2.05) is 49.4 Å². The molecule has 6 heteroatoms. The van der Waals surface area contributed by atoms with Crippen LogP contribution in [0.25, 0.3) is 11.3 Å². The van der Waals surface area contributed by atoms with Gasteiger partial charge in [-0.1, -0.05) is 18.2 Å². The van der Waals surface area contributed by atoms with Crippen molar-refractivity contribution in [2.75, 3.05) is 19.5 Å². The van der Waals surface area contributed by atoms with Gasteiger partial charge in [-0.05, 0) is 42.8 Å². The summed E-state index contributed by atoms with van der Waals surface area (Å²) >= 11 is 0. The molecule has 0 aliphatic heterocycles. The Morgan fingerprint density at radius 2 is 1.88 bits per heavy atom. The summed E-state index contributed by atoms with van der Waals surface area (Å²) in [7, 11) is 5.00. The molecule has 0 atom stereocenters. The normalized spacial score (nSPS) is 10.5. The second kappa shape index (κ2) is 7.31. The zero-order valence-corrected chi connectivity index (χ0v) is 15.2. The number of aryl methyl sites for hydroxylation is 2. The summed E-state index contributed by atoms with van der Waals surface area (Å²) in [4.78, 5) is 12.6. The van der Waals surface area contributed by atoms with Crippen molar-refractivity contribution < 1.29 is 14.3 Å². The van der Waals surface area contributed by atoms with Gasteiger partial charge < -0.3 is 14.8 Å². The summed E-state index contributed by atoms with van der Waals surface area (Å²) in [6, 6.07) is 15.0. The number of hydrogen-bond acceptors (Lipinski definition) is 4. The number of rotatable bonds is 5. The van der Waals surface area contributed by atoms with Crippen LogP contribution in [-0.4, -0.2) is 29.9 Å². The number of carbonyl (C=O) groups excluding carboxylic acids is 1. The summed E-state index contributed by atoms with van der Waals surface area (Å²) in [6.07, 6.45) is 0. The number of anilines is 1. The summed E-state index contributed by atoms with van der Waals surface area (Å²) < 4.78 is 12.2. The lowest BCUT2D eigenvalue weighted by atomic mass is 10.1. The first-order chi connectivity index (χ1) is 12.5. The average Bonchev–Trinajstić information content (AvgIpc) is 3.04. The van der Waals surface area contributed by atoms with E-state index in [0.29, 0.717) is 17.1 Å². The smallest absolute Gasteiger partial charge is 0.276 e. The maximum absolute atomic E-state index is 12.6. The SMILES string of the molecule is COc1cccc(-c2cc(C(=O)Nc3cc(C)ccc3OC)nn2C)c1. The molecule has 0 radical (unpaired) electrons. The minimum absolute atomic E-state index is 0.293. The molecule has 3 aromatic rings. The van der Waals surface area contributed by atoms with Crippen LogP contribution in [0.2, 0.25) is 0 Å². The number of carbonyl (C=O) groups is 1. The van der Waals surface area contributed by atoms with Gasteiger partial charge in [0.1, 0.15) is 11.5 Å². The second-order valence-corrected chi connectivity index (χ2v) is 5.93. The quantitative estimate of drug-likeness (QED) is 0.762. The summed E-state index contributed by atoms with van der Waals surface area (Å²) in [5.74, 6) is 1.06. The van der Waals surface area contributed by atoms with Crippen molar-refractivity contribution >= 4 is 11.6 Å². The highest BCUT2D eigenvalue weighted by Gasteiger charge is 2.16. The highest BCUT2D eigenvalue weighted by Crippen LogP contribution is 2.27. The number of methoxy groups -OCH3 is 2. The van der Waals surface area contributed by atoms with Gasteiger partial charge in [-0.2, -0.15) is 5.10 Å². The minimum atomic E-state index is -0.293. The van der Waals surface area contributed by atoms with Gasteiger partial charge in [-0.3, -0.25) is 9.48 Å². The highest BCUT2D eigenvalue weighted by molar-refractivity contribution is 6.04. The molecule has 1 heterocycles. The first-order valence-corrected chi connectivity index (χ1v) is 8.16. The van der Waals surface area contributed by atoms with E-state index in [9.17, 15) is 4.79 Å². The van der Waals surface area contributed by atoms with Crippen molar-refractivity contribution in [3.8, 4) is 22.8 Å². The second-order valence-electron chi connectivity index (χ2n) is 5.93. The first kappa shape index (κ1) is 17.5. The summed E-state index contributed by atoms with van der Waals surface area (Å²) in [5.41, 5.74) is 3.72. The van der Waals surface area contributed by atoms with Crippen molar-refractivity contribution in [3.05, 3.63) is 59.8 Å². The predicted octanol–water partition coefficient (Wildman–Crippen LogP) is 3.67. The van der Waals surface area contributed by atoms with Crippen LogP contribution in [0.3, 0.4) is 0 Å². The van der Waals surface area contributed by atoms with Crippen molar-refractivity contribution in [2.24, 2.45) is 7.05 Å². The van der Waals surface area contributed by atoms with E-state index in [1.54, 1.807) is 32.0 Å². The number of nitrogens with one attached hydrogen (secondary N) is 1. The molecule has 0 aliphatic rings. The predicted molar refractivity (Wildman–Crippen MR) is 101 cm³/mol. The van der Waals surface area contributed by atoms with Gasteiger partial charge in [-0.25, -0.2) is 0 Å². The molecule has 0 spiro atoms. The zero-order valence-electron chi connectivity index (χ0n) is 15.2. The third-order valence-corrected chi connectivity index (χ3v) is 4.08. The molecule has 1 N–H and O–H groups in total. The third kappa shape index (κ3) is 3.54. The lowest BCUT2D eigenvalue weighted by Crippen LogP contribution is -2.13. The Kier molecular flexibility index (Phi) is 4.93. The number of ether oxygens (including phenoxy) is 2. The fourth-order valence-electron chi connectivity index (χ4n) is 2.74. The minimum Gasteiger partial charge on any atom is -0.497 e. The van der Waals surface area contributed by atoms with Gasteiger partial charge in [0.25, 0.3) is 5.91 Å². The Bertz CT molecular complexity index is 947. The maximum Gasteiger partial charge on any atom is 0.276 e. The molecular formula is C20H21N3O3. The molecule has 0 saturated carbocycles. The van der Waals surface area contributed by atoms with Gasteiger partial charge >= 0.3 is 0 Å². The number of hydrogen-bond donors (Lipinski definition) is 1. The van der Waals surface area contributed by atoms with Crippen molar-refractivity contribution in [1.82, 2.24) is 9.78 Å².